The van der Waals surface area contributed by atoms with Gasteiger partial charge in [-0.1, -0.05) is 12.1 Å². The molecule has 2 atom stereocenters. The summed E-state index contributed by atoms with van der Waals surface area (Å²) in [6.07, 6.45) is -3.99. The number of nitrogens with one attached hydrogen (secondary N) is 1. The Morgan fingerprint density at radius 2 is 2.00 bits per heavy atom. The Morgan fingerprint density at radius 1 is 1.38 bits per heavy atom. The van der Waals surface area contributed by atoms with Crippen LogP contribution in [0.3, 0.4) is 0 Å². The Bertz CT molecular complexity index is 665. The summed E-state index contributed by atoms with van der Waals surface area (Å²) in [5.41, 5.74) is -0.336. The molecular weight excluding hydrogens is 323 g/mol. The van der Waals surface area contributed by atoms with E-state index in [9.17, 15) is 22.8 Å². The lowest BCUT2D eigenvalue weighted by Crippen LogP contribution is -2.46. The van der Waals surface area contributed by atoms with Gasteiger partial charge in [-0.15, -0.1) is 0 Å². The van der Waals surface area contributed by atoms with Gasteiger partial charge in [0, 0.05) is 13.5 Å². The van der Waals surface area contributed by atoms with Crippen LogP contribution in [0, 0.1) is 17.2 Å². The van der Waals surface area contributed by atoms with Gasteiger partial charge in [0.25, 0.3) is 0 Å². The Hall–Kier alpha value is -2.56. The van der Waals surface area contributed by atoms with Crippen molar-refractivity contribution in [1.29, 1.82) is 5.26 Å². The summed E-state index contributed by atoms with van der Waals surface area (Å²) in [4.78, 5) is 25.6. The van der Waals surface area contributed by atoms with Gasteiger partial charge in [0.15, 0.2) is 0 Å². The molecule has 0 spiro atoms. The first-order valence-corrected chi connectivity index (χ1v) is 7.33. The molecule has 0 aliphatic carbocycles. The number of nitriles is 1. The lowest BCUT2D eigenvalue weighted by molar-refractivity contribution is -0.142. The van der Waals surface area contributed by atoms with Crippen molar-refractivity contribution in [2.75, 3.05) is 13.6 Å². The first kappa shape index (κ1) is 17.8. The molecule has 1 aliphatic heterocycles. The molecule has 2 amide bonds. The van der Waals surface area contributed by atoms with Crippen molar-refractivity contribution in [3.05, 3.63) is 35.4 Å². The average molecular weight is 339 g/mol. The number of carbonyl (C=O) groups excluding carboxylic acids is 2. The van der Waals surface area contributed by atoms with Crippen LogP contribution in [0.25, 0.3) is 0 Å². The lowest BCUT2D eigenvalue weighted by atomic mass is 9.83. The number of piperidine rings is 1. The topological polar surface area (TPSA) is 73.2 Å². The smallest absolute Gasteiger partial charge is 0.343 e. The van der Waals surface area contributed by atoms with Crippen LogP contribution in [0.5, 0.6) is 0 Å². The largest absolute Gasteiger partial charge is 0.416 e. The van der Waals surface area contributed by atoms with Crippen molar-refractivity contribution in [2.45, 2.75) is 25.1 Å². The van der Waals surface area contributed by atoms with E-state index < -0.39 is 23.7 Å². The third kappa shape index (κ3) is 3.67. The maximum absolute atomic E-state index is 12.7. The minimum Gasteiger partial charge on any atom is -0.343 e. The van der Waals surface area contributed by atoms with Crippen molar-refractivity contribution in [3.8, 4) is 6.07 Å². The highest BCUT2D eigenvalue weighted by atomic mass is 19.4. The van der Waals surface area contributed by atoms with E-state index in [1.807, 2.05) is 0 Å². The molecule has 1 aromatic rings. The van der Waals surface area contributed by atoms with Gasteiger partial charge in [0.05, 0.1) is 23.6 Å². The number of nitrogens with zero attached hydrogens (tertiary/aromatic N) is 2. The fourth-order valence-corrected chi connectivity index (χ4v) is 2.90. The van der Waals surface area contributed by atoms with Gasteiger partial charge in [-0.25, -0.2) is 0 Å². The monoisotopic (exact) mass is 339 g/mol. The molecule has 1 N–H and O–H groups in total. The van der Waals surface area contributed by atoms with Gasteiger partial charge < -0.3 is 10.2 Å². The molecule has 1 aromatic carbocycles. The number of carbonyl (C=O) groups is 2. The fraction of sp³-hybridized carbons (Fsp3) is 0.438. The molecule has 1 fully saturated rings. The molecule has 0 aromatic heterocycles. The van der Waals surface area contributed by atoms with Gasteiger partial charge in [0.2, 0.25) is 11.8 Å². The van der Waals surface area contributed by atoms with Crippen molar-refractivity contribution < 1.29 is 22.8 Å². The normalized spacial score (nSPS) is 21.3. The highest BCUT2D eigenvalue weighted by molar-refractivity contribution is 5.85. The summed E-state index contributed by atoms with van der Waals surface area (Å²) in [7, 11) is 1.52. The zero-order chi connectivity index (χ0) is 17.9. The van der Waals surface area contributed by atoms with Gasteiger partial charge >= 0.3 is 6.18 Å². The zero-order valence-corrected chi connectivity index (χ0v) is 12.9. The zero-order valence-electron chi connectivity index (χ0n) is 12.9. The second-order valence-electron chi connectivity index (χ2n) is 5.59. The van der Waals surface area contributed by atoms with E-state index >= 15 is 0 Å². The highest BCUT2D eigenvalue weighted by Crippen LogP contribution is 2.37. The number of alkyl halides is 3. The molecule has 2 rings (SSSR count). The van der Waals surface area contributed by atoms with E-state index in [0.717, 1.165) is 12.1 Å². The van der Waals surface area contributed by atoms with Crippen LogP contribution in [0.1, 0.15) is 30.0 Å². The van der Waals surface area contributed by atoms with Crippen LogP contribution in [0.4, 0.5) is 13.2 Å². The standard InChI is InChI=1S/C16H16F3N3O2/c1-22-13(23)7-6-12(15(24)21-9-8-20)14(22)10-2-4-11(5-3-10)16(17,18)19/h2-5,12,14H,6-7,9H2,1H3,(H,21,24)/t12-,14-/m0/s1. The maximum Gasteiger partial charge on any atom is 0.416 e. The van der Waals surface area contributed by atoms with Crippen LogP contribution < -0.4 is 5.32 Å². The number of hydrogen-bond acceptors (Lipinski definition) is 3. The molecule has 128 valence electrons. The van der Waals surface area contributed by atoms with E-state index in [1.54, 1.807) is 6.07 Å². The molecule has 5 nitrogen and oxygen atoms in total. The summed E-state index contributed by atoms with van der Waals surface area (Å²) in [6, 6.07) is 5.58. The van der Waals surface area contributed by atoms with Gasteiger partial charge in [-0.05, 0) is 24.1 Å². The van der Waals surface area contributed by atoms with E-state index in [4.69, 9.17) is 5.26 Å². The van der Waals surface area contributed by atoms with E-state index in [1.165, 1.54) is 24.1 Å². The second-order valence-corrected chi connectivity index (χ2v) is 5.59. The van der Waals surface area contributed by atoms with Crippen LogP contribution in [0.15, 0.2) is 24.3 Å². The molecule has 0 bridgehead atoms. The minimum absolute atomic E-state index is 0.160. The molecule has 1 aliphatic rings. The van der Waals surface area contributed by atoms with E-state index in [0.29, 0.717) is 5.56 Å². The molecule has 0 radical (unpaired) electrons. The van der Waals surface area contributed by atoms with Crippen molar-refractivity contribution in [2.24, 2.45) is 5.92 Å². The number of likely N-dealkylation sites (tertiary alicyclic amines) is 1. The second kappa shape index (κ2) is 6.91. The molecule has 24 heavy (non-hydrogen) atoms. The van der Waals surface area contributed by atoms with Crippen molar-refractivity contribution in [1.82, 2.24) is 10.2 Å². The number of amides is 2. The average Bonchev–Trinajstić information content (AvgIpc) is 2.54. The van der Waals surface area contributed by atoms with Gasteiger partial charge in [0.1, 0.15) is 6.54 Å². The molecule has 1 saturated heterocycles. The Morgan fingerprint density at radius 3 is 2.54 bits per heavy atom. The molecule has 1 heterocycles. The van der Waals surface area contributed by atoms with Crippen molar-refractivity contribution >= 4 is 11.8 Å². The Labute approximate surface area is 137 Å². The minimum atomic E-state index is -4.45. The van der Waals surface area contributed by atoms with Crippen LogP contribution in [-0.4, -0.2) is 30.3 Å². The van der Waals surface area contributed by atoms with Crippen LogP contribution in [-0.2, 0) is 15.8 Å². The Balaban J connectivity index is 2.32. The lowest BCUT2D eigenvalue weighted by Gasteiger charge is -2.38. The maximum atomic E-state index is 12.7. The fourth-order valence-electron chi connectivity index (χ4n) is 2.90. The van der Waals surface area contributed by atoms with Gasteiger partial charge in [-0.2, -0.15) is 18.4 Å². The van der Waals surface area contributed by atoms with E-state index in [-0.39, 0.29) is 31.2 Å². The summed E-state index contributed by atoms with van der Waals surface area (Å²) in [5.74, 6) is -1.18. The number of rotatable bonds is 3. The first-order valence-electron chi connectivity index (χ1n) is 7.33. The van der Waals surface area contributed by atoms with E-state index in [2.05, 4.69) is 5.32 Å². The molecule has 0 saturated carbocycles. The molecular formula is C16H16F3N3O2. The summed E-state index contributed by atoms with van der Waals surface area (Å²) in [5, 5.41) is 11.0. The predicted molar refractivity (Wildman–Crippen MR) is 78.3 cm³/mol. The molecule has 8 heteroatoms. The number of halogens is 3. The number of benzene rings is 1. The third-order valence-corrected chi connectivity index (χ3v) is 4.12. The molecule has 0 unspecified atom stereocenters. The number of hydrogen-bond donors (Lipinski definition) is 1. The third-order valence-electron chi connectivity index (χ3n) is 4.12. The SMILES string of the molecule is CN1C(=O)CC[C@H](C(=O)NCC#N)[C@@H]1c1ccc(C(F)(F)F)cc1. The van der Waals surface area contributed by atoms with Crippen molar-refractivity contribution in [3.63, 3.8) is 0 Å². The van der Waals surface area contributed by atoms with Gasteiger partial charge in [-0.3, -0.25) is 9.59 Å². The predicted octanol–water partition coefficient (Wildman–Crippen LogP) is 2.25. The first-order chi connectivity index (χ1) is 11.3. The van der Waals surface area contributed by atoms with Crippen LogP contribution in [0.2, 0.25) is 0 Å². The van der Waals surface area contributed by atoms with Crippen LogP contribution >= 0.6 is 0 Å². The Kier molecular flexibility index (Phi) is 5.12. The summed E-state index contributed by atoms with van der Waals surface area (Å²) >= 11 is 0. The quantitative estimate of drug-likeness (QED) is 0.859. The summed E-state index contributed by atoms with van der Waals surface area (Å²) in [6.45, 7) is -0.160. The summed E-state index contributed by atoms with van der Waals surface area (Å²) < 4.78 is 38.1. The highest BCUT2D eigenvalue weighted by Gasteiger charge is 2.39.